The van der Waals surface area contributed by atoms with Crippen LogP contribution in [0.3, 0.4) is 0 Å². The Balaban J connectivity index is 1.70. The quantitative estimate of drug-likeness (QED) is 0.900. The molecule has 19 heavy (non-hydrogen) atoms. The van der Waals surface area contributed by atoms with E-state index in [1.54, 1.807) is 12.1 Å². The Hall–Kier alpha value is -1.58. The molecule has 1 heterocycles. The smallest absolute Gasteiger partial charge is 0.201 e. The highest BCUT2D eigenvalue weighted by molar-refractivity contribution is 5.78. The molecule has 3 nitrogen and oxygen atoms in total. The summed E-state index contributed by atoms with van der Waals surface area (Å²) >= 11 is 0. The van der Waals surface area contributed by atoms with Gasteiger partial charge in [-0.15, -0.1) is 0 Å². The first kappa shape index (κ1) is 11.3. The summed E-state index contributed by atoms with van der Waals surface area (Å²) in [5, 5.41) is 0. The zero-order valence-electron chi connectivity index (χ0n) is 10.8. The van der Waals surface area contributed by atoms with Gasteiger partial charge in [0.2, 0.25) is 5.95 Å². The number of rotatable bonds is 2. The fourth-order valence-electron chi connectivity index (χ4n) is 4.14. The highest BCUT2D eigenvalue weighted by Gasteiger charge is 2.39. The van der Waals surface area contributed by atoms with Crippen molar-refractivity contribution in [3.05, 3.63) is 24.0 Å². The number of aromatic nitrogens is 2. The van der Waals surface area contributed by atoms with E-state index in [-0.39, 0.29) is 5.82 Å². The van der Waals surface area contributed by atoms with Crippen LogP contribution in [0.4, 0.5) is 10.3 Å². The van der Waals surface area contributed by atoms with Gasteiger partial charge >= 0.3 is 0 Å². The number of nitrogens with zero attached hydrogens (tertiary/aromatic N) is 2. The van der Waals surface area contributed by atoms with Gasteiger partial charge in [0.15, 0.2) is 0 Å². The van der Waals surface area contributed by atoms with Crippen molar-refractivity contribution >= 4 is 17.0 Å². The van der Waals surface area contributed by atoms with Gasteiger partial charge in [0.25, 0.3) is 0 Å². The van der Waals surface area contributed by atoms with Gasteiger partial charge in [-0.1, -0.05) is 6.42 Å². The number of benzene rings is 1. The molecule has 3 atom stereocenters. The van der Waals surface area contributed by atoms with Crippen LogP contribution >= 0.6 is 0 Å². The Morgan fingerprint density at radius 3 is 2.95 bits per heavy atom. The summed E-state index contributed by atoms with van der Waals surface area (Å²) in [6.45, 7) is 0.896. The van der Waals surface area contributed by atoms with Crippen LogP contribution in [0.5, 0.6) is 0 Å². The first-order valence-electron chi connectivity index (χ1n) is 7.12. The molecule has 100 valence electrons. The largest absolute Gasteiger partial charge is 0.369 e. The van der Waals surface area contributed by atoms with Crippen molar-refractivity contribution in [1.82, 2.24) is 9.55 Å². The number of fused-ring (bicyclic) bond motifs is 3. The van der Waals surface area contributed by atoms with Gasteiger partial charge in [-0.25, -0.2) is 9.37 Å². The number of hydrogen-bond acceptors (Lipinski definition) is 2. The molecule has 0 amide bonds. The van der Waals surface area contributed by atoms with E-state index in [1.165, 1.54) is 31.7 Å². The molecule has 2 saturated carbocycles. The van der Waals surface area contributed by atoms with Gasteiger partial charge in [-0.05, 0) is 55.2 Å². The van der Waals surface area contributed by atoms with Crippen LogP contribution in [0.15, 0.2) is 18.2 Å². The van der Waals surface area contributed by atoms with Gasteiger partial charge in [-0.2, -0.15) is 0 Å². The lowest BCUT2D eigenvalue weighted by molar-refractivity contribution is 0.300. The van der Waals surface area contributed by atoms with Gasteiger partial charge in [-0.3, -0.25) is 0 Å². The molecular formula is C15H18FN3. The Morgan fingerprint density at radius 2 is 2.21 bits per heavy atom. The molecule has 1 aromatic carbocycles. The molecule has 0 aliphatic heterocycles. The van der Waals surface area contributed by atoms with Crippen LogP contribution < -0.4 is 5.73 Å². The molecular weight excluding hydrogens is 241 g/mol. The summed E-state index contributed by atoms with van der Waals surface area (Å²) in [6, 6.07) is 4.70. The van der Waals surface area contributed by atoms with Gasteiger partial charge in [0.05, 0.1) is 11.0 Å². The molecule has 2 aromatic rings. The predicted octanol–water partition coefficient (Wildman–Crippen LogP) is 3.19. The van der Waals surface area contributed by atoms with Crippen molar-refractivity contribution in [2.45, 2.75) is 32.2 Å². The van der Waals surface area contributed by atoms with E-state index in [0.29, 0.717) is 11.9 Å². The van der Waals surface area contributed by atoms with E-state index >= 15 is 0 Å². The standard InChI is InChI=1S/C15H18FN3/c16-12-3-4-13-14(7-12)19(15(17)18-13)8-11-6-9-1-2-10(11)5-9/h3-4,7,9-11H,1-2,5-6,8H2,(H2,17,18). The normalized spacial score (nSPS) is 29.4. The first-order valence-corrected chi connectivity index (χ1v) is 7.12. The van der Waals surface area contributed by atoms with E-state index < -0.39 is 0 Å². The minimum atomic E-state index is -0.221. The molecule has 2 fully saturated rings. The maximum Gasteiger partial charge on any atom is 0.201 e. The lowest BCUT2D eigenvalue weighted by atomic mass is 9.89. The van der Waals surface area contributed by atoms with E-state index in [2.05, 4.69) is 4.98 Å². The minimum absolute atomic E-state index is 0.221. The SMILES string of the molecule is Nc1nc2ccc(F)cc2n1CC1CC2CCC1C2. The second-order valence-corrected chi connectivity index (χ2v) is 6.15. The van der Waals surface area contributed by atoms with Crippen molar-refractivity contribution in [2.75, 3.05) is 5.73 Å². The number of halogens is 1. The van der Waals surface area contributed by atoms with Crippen molar-refractivity contribution in [3.8, 4) is 0 Å². The topological polar surface area (TPSA) is 43.8 Å². The van der Waals surface area contributed by atoms with Crippen LogP contribution in [0.1, 0.15) is 25.7 Å². The number of nitrogens with two attached hydrogens (primary N) is 1. The highest BCUT2D eigenvalue weighted by atomic mass is 19.1. The fourth-order valence-corrected chi connectivity index (χ4v) is 4.14. The van der Waals surface area contributed by atoms with Crippen molar-refractivity contribution in [2.24, 2.45) is 17.8 Å². The van der Waals surface area contributed by atoms with Crippen LogP contribution in [0.25, 0.3) is 11.0 Å². The Kier molecular flexibility index (Phi) is 2.34. The lowest BCUT2D eigenvalue weighted by Gasteiger charge is -2.22. The van der Waals surface area contributed by atoms with E-state index in [1.807, 2.05) is 4.57 Å². The zero-order chi connectivity index (χ0) is 13.0. The fraction of sp³-hybridized carbons (Fsp3) is 0.533. The molecule has 4 rings (SSSR count). The third-order valence-electron chi connectivity index (χ3n) is 5.04. The maximum absolute atomic E-state index is 13.4. The molecule has 2 aliphatic rings. The molecule has 2 bridgehead atoms. The second-order valence-electron chi connectivity index (χ2n) is 6.15. The van der Waals surface area contributed by atoms with Crippen LogP contribution in [0, 0.1) is 23.6 Å². The Bertz CT molecular complexity index is 634. The molecule has 0 radical (unpaired) electrons. The molecule has 2 aliphatic carbocycles. The summed E-state index contributed by atoms with van der Waals surface area (Å²) in [6.07, 6.45) is 5.44. The summed E-state index contributed by atoms with van der Waals surface area (Å²) in [7, 11) is 0. The molecule has 0 spiro atoms. The zero-order valence-corrected chi connectivity index (χ0v) is 10.8. The first-order chi connectivity index (χ1) is 9.20. The molecule has 2 N–H and O–H groups in total. The third-order valence-corrected chi connectivity index (χ3v) is 5.04. The summed E-state index contributed by atoms with van der Waals surface area (Å²) in [4.78, 5) is 4.33. The Morgan fingerprint density at radius 1 is 1.32 bits per heavy atom. The van der Waals surface area contributed by atoms with E-state index in [0.717, 1.165) is 29.4 Å². The third kappa shape index (κ3) is 1.73. The number of anilines is 1. The summed E-state index contributed by atoms with van der Waals surface area (Å²) in [5.41, 5.74) is 7.64. The number of nitrogen functional groups attached to an aromatic ring is 1. The van der Waals surface area contributed by atoms with Crippen LogP contribution in [-0.4, -0.2) is 9.55 Å². The lowest BCUT2D eigenvalue weighted by Crippen LogP contribution is -2.18. The Labute approximate surface area is 111 Å². The highest BCUT2D eigenvalue weighted by Crippen LogP contribution is 2.49. The maximum atomic E-state index is 13.4. The molecule has 1 aromatic heterocycles. The second kappa shape index (κ2) is 3.95. The summed E-state index contributed by atoms with van der Waals surface area (Å²) in [5.74, 6) is 2.75. The van der Waals surface area contributed by atoms with E-state index in [9.17, 15) is 4.39 Å². The van der Waals surface area contributed by atoms with Gasteiger partial charge in [0.1, 0.15) is 5.82 Å². The number of imidazole rings is 1. The molecule has 0 saturated heterocycles. The van der Waals surface area contributed by atoms with Crippen molar-refractivity contribution < 1.29 is 4.39 Å². The van der Waals surface area contributed by atoms with Crippen LogP contribution in [0.2, 0.25) is 0 Å². The average Bonchev–Trinajstić information content (AvgIpc) is 3.06. The average molecular weight is 259 g/mol. The number of hydrogen-bond donors (Lipinski definition) is 1. The van der Waals surface area contributed by atoms with Crippen molar-refractivity contribution in [3.63, 3.8) is 0 Å². The monoisotopic (exact) mass is 259 g/mol. The predicted molar refractivity (Wildman–Crippen MR) is 73.0 cm³/mol. The molecule has 3 unspecified atom stereocenters. The van der Waals surface area contributed by atoms with Crippen molar-refractivity contribution in [1.29, 1.82) is 0 Å². The summed E-state index contributed by atoms with van der Waals surface area (Å²) < 4.78 is 15.4. The van der Waals surface area contributed by atoms with Gasteiger partial charge < -0.3 is 10.3 Å². The molecule has 4 heteroatoms. The van der Waals surface area contributed by atoms with Gasteiger partial charge in [0, 0.05) is 6.54 Å². The van der Waals surface area contributed by atoms with E-state index in [4.69, 9.17) is 5.73 Å². The van der Waals surface area contributed by atoms with Crippen LogP contribution in [-0.2, 0) is 6.54 Å². The minimum Gasteiger partial charge on any atom is -0.369 e.